The molecule has 0 radical (unpaired) electrons. The van der Waals surface area contributed by atoms with Crippen LogP contribution in [0.4, 0.5) is 0 Å². The number of nitrogens with zero attached hydrogens (tertiary/aromatic N) is 1. The summed E-state index contributed by atoms with van der Waals surface area (Å²) in [6, 6.07) is 3.31. The number of carbonyl (C=O) groups is 1. The number of methoxy groups -OCH3 is 1. The summed E-state index contributed by atoms with van der Waals surface area (Å²) in [7, 11) is 1.51. The molecule has 0 aliphatic heterocycles. The van der Waals surface area contributed by atoms with Gasteiger partial charge in [-0.05, 0) is 17.5 Å². The van der Waals surface area contributed by atoms with E-state index in [0.29, 0.717) is 11.4 Å². The third-order valence-electron chi connectivity index (χ3n) is 2.35. The zero-order chi connectivity index (χ0) is 12.1. The van der Waals surface area contributed by atoms with Gasteiger partial charge < -0.3 is 14.9 Å². The van der Waals surface area contributed by atoms with Crippen LogP contribution in [-0.4, -0.2) is 28.3 Å². The summed E-state index contributed by atoms with van der Waals surface area (Å²) >= 11 is 0. The van der Waals surface area contributed by atoms with Crippen LogP contribution in [0.3, 0.4) is 0 Å². The highest BCUT2D eigenvalue weighted by atomic mass is 16.5. The number of hydrogen-bond donors (Lipinski definition) is 2. The molecule has 5 heteroatoms. The predicted octanol–water partition coefficient (Wildman–Crippen LogP) is 1.23. The van der Waals surface area contributed by atoms with Crippen LogP contribution in [0.1, 0.15) is 25.0 Å². The van der Waals surface area contributed by atoms with Crippen molar-refractivity contribution in [2.45, 2.75) is 19.4 Å². The average molecular weight is 225 g/mol. The van der Waals surface area contributed by atoms with Crippen molar-refractivity contribution in [3.05, 3.63) is 23.9 Å². The molecular formula is C11H15NO4. The highest BCUT2D eigenvalue weighted by molar-refractivity contribution is 5.67. The van der Waals surface area contributed by atoms with Gasteiger partial charge in [0.05, 0.1) is 19.6 Å². The van der Waals surface area contributed by atoms with E-state index >= 15 is 0 Å². The number of ether oxygens (including phenoxy) is 1. The van der Waals surface area contributed by atoms with Crippen LogP contribution in [0.5, 0.6) is 5.88 Å². The quantitative estimate of drug-likeness (QED) is 0.788. The summed E-state index contributed by atoms with van der Waals surface area (Å²) < 4.78 is 4.89. The first-order valence-corrected chi connectivity index (χ1v) is 4.94. The fourth-order valence-corrected chi connectivity index (χ4v) is 1.40. The van der Waals surface area contributed by atoms with Crippen molar-refractivity contribution in [1.29, 1.82) is 0 Å². The Morgan fingerprint density at radius 1 is 1.56 bits per heavy atom. The van der Waals surface area contributed by atoms with Crippen LogP contribution in [0.2, 0.25) is 0 Å². The van der Waals surface area contributed by atoms with Crippen molar-refractivity contribution in [3.63, 3.8) is 0 Å². The van der Waals surface area contributed by atoms with E-state index in [1.165, 1.54) is 13.3 Å². The topological polar surface area (TPSA) is 79.7 Å². The van der Waals surface area contributed by atoms with Crippen molar-refractivity contribution >= 4 is 5.97 Å². The fraction of sp³-hybridized carbons (Fsp3) is 0.455. The lowest BCUT2D eigenvalue weighted by Gasteiger charge is -2.17. The van der Waals surface area contributed by atoms with E-state index in [9.17, 15) is 9.90 Å². The molecule has 0 amide bonds. The number of aliphatic hydroxyl groups excluding tert-OH is 1. The van der Waals surface area contributed by atoms with Gasteiger partial charge in [0, 0.05) is 12.3 Å². The second kappa shape index (κ2) is 5.46. The molecule has 0 saturated carbocycles. The first-order chi connectivity index (χ1) is 7.54. The largest absolute Gasteiger partial charge is 0.481 e. The van der Waals surface area contributed by atoms with E-state index in [1.807, 2.05) is 0 Å². The number of rotatable bonds is 5. The molecule has 1 aromatic rings. The van der Waals surface area contributed by atoms with Gasteiger partial charge in [0.1, 0.15) is 0 Å². The first-order valence-electron chi connectivity index (χ1n) is 4.94. The van der Waals surface area contributed by atoms with Gasteiger partial charge in [-0.2, -0.15) is 0 Å². The maximum absolute atomic E-state index is 10.5. The summed E-state index contributed by atoms with van der Waals surface area (Å²) in [5, 5.41) is 18.5. The number of carboxylic acid groups (broad SMARTS) is 1. The van der Waals surface area contributed by atoms with Crippen LogP contribution < -0.4 is 4.74 Å². The van der Waals surface area contributed by atoms with Crippen molar-refractivity contribution < 1.29 is 19.7 Å². The van der Waals surface area contributed by atoms with Gasteiger partial charge in [-0.1, -0.05) is 6.92 Å². The summed E-state index contributed by atoms with van der Waals surface area (Å²) in [5.74, 6) is -0.817. The Labute approximate surface area is 93.7 Å². The molecule has 0 aromatic carbocycles. The summed E-state index contributed by atoms with van der Waals surface area (Å²) in [6.07, 6.45) is 0.587. The van der Waals surface area contributed by atoms with E-state index in [4.69, 9.17) is 9.84 Å². The number of aliphatic carboxylic acids is 1. The molecule has 0 aliphatic carbocycles. The molecule has 0 aliphatic rings. The minimum Gasteiger partial charge on any atom is -0.481 e. The van der Waals surface area contributed by atoms with Crippen LogP contribution in [0.15, 0.2) is 18.3 Å². The zero-order valence-corrected chi connectivity index (χ0v) is 9.25. The number of carboxylic acids is 1. The minimum absolute atomic E-state index is 0.0762. The minimum atomic E-state index is -0.923. The highest BCUT2D eigenvalue weighted by Gasteiger charge is 2.19. The third kappa shape index (κ3) is 3.20. The Bertz CT molecular complexity index is 350. The number of pyridine rings is 1. The SMILES string of the molecule is COc1ccc(C(O)C(C)CC(=O)O)cn1. The van der Waals surface area contributed by atoms with Crippen LogP contribution in [0.25, 0.3) is 0 Å². The zero-order valence-electron chi connectivity index (χ0n) is 9.25. The summed E-state index contributed by atoms with van der Waals surface area (Å²) in [5.41, 5.74) is 0.592. The number of aliphatic hydroxyl groups is 1. The van der Waals surface area contributed by atoms with Gasteiger partial charge in [-0.15, -0.1) is 0 Å². The molecule has 1 rings (SSSR count). The molecule has 0 saturated heterocycles. The van der Waals surface area contributed by atoms with Crippen molar-refractivity contribution in [3.8, 4) is 5.88 Å². The maximum atomic E-state index is 10.5. The molecule has 1 aromatic heterocycles. The standard InChI is InChI=1S/C11H15NO4/c1-7(5-10(13)14)11(15)8-3-4-9(16-2)12-6-8/h3-4,6-7,11,15H,5H2,1-2H3,(H,13,14). The fourth-order valence-electron chi connectivity index (χ4n) is 1.40. The van der Waals surface area contributed by atoms with E-state index in [-0.39, 0.29) is 12.3 Å². The van der Waals surface area contributed by atoms with Gasteiger partial charge in [-0.3, -0.25) is 4.79 Å². The van der Waals surface area contributed by atoms with Crippen molar-refractivity contribution in [2.24, 2.45) is 5.92 Å². The average Bonchev–Trinajstić information content (AvgIpc) is 2.27. The maximum Gasteiger partial charge on any atom is 0.303 e. The first kappa shape index (κ1) is 12.4. The Hall–Kier alpha value is -1.62. The van der Waals surface area contributed by atoms with E-state index < -0.39 is 12.1 Å². The summed E-state index contributed by atoms with van der Waals surface area (Å²) in [6.45, 7) is 1.68. The Kier molecular flexibility index (Phi) is 4.25. The lowest BCUT2D eigenvalue weighted by Crippen LogP contribution is -2.13. The van der Waals surface area contributed by atoms with E-state index in [0.717, 1.165) is 0 Å². The monoisotopic (exact) mass is 225 g/mol. The van der Waals surface area contributed by atoms with Crippen LogP contribution in [0, 0.1) is 5.92 Å². The molecule has 16 heavy (non-hydrogen) atoms. The number of hydrogen-bond acceptors (Lipinski definition) is 4. The van der Waals surface area contributed by atoms with Gasteiger partial charge in [-0.25, -0.2) is 4.98 Å². The molecule has 5 nitrogen and oxygen atoms in total. The van der Waals surface area contributed by atoms with Gasteiger partial charge >= 0.3 is 5.97 Å². The second-order valence-corrected chi connectivity index (χ2v) is 3.65. The molecular weight excluding hydrogens is 210 g/mol. The highest BCUT2D eigenvalue weighted by Crippen LogP contribution is 2.24. The molecule has 2 N–H and O–H groups in total. The molecule has 0 bridgehead atoms. The molecule has 0 spiro atoms. The second-order valence-electron chi connectivity index (χ2n) is 3.65. The molecule has 0 fully saturated rings. The van der Waals surface area contributed by atoms with Crippen molar-refractivity contribution in [1.82, 2.24) is 4.98 Å². The number of aromatic nitrogens is 1. The normalized spacial score (nSPS) is 14.2. The lowest BCUT2D eigenvalue weighted by atomic mass is 9.96. The smallest absolute Gasteiger partial charge is 0.303 e. The Morgan fingerprint density at radius 2 is 2.25 bits per heavy atom. The Balaban J connectivity index is 2.71. The van der Waals surface area contributed by atoms with E-state index in [2.05, 4.69) is 4.98 Å². The third-order valence-corrected chi connectivity index (χ3v) is 2.35. The Morgan fingerprint density at radius 3 is 2.69 bits per heavy atom. The molecule has 1 heterocycles. The summed E-state index contributed by atoms with van der Waals surface area (Å²) in [4.78, 5) is 14.4. The van der Waals surface area contributed by atoms with Gasteiger partial charge in [0.25, 0.3) is 0 Å². The van der Waals surface area contributed by atoms with Crippen molar-refractivity contribution in [2.75, 3.05) is 7.11 Å². The van der Waals surface area contributed by atoms with Gasteiger partial charge in [0.2, 0.25) is 5.88 Å². The molecule has 2 atom stereocenters. The van der Waals surface area contributed by atoms with Gasteiger partial charge in [0.15, 0.2) is 0 Å². The molecule has 88 valence electrons. The lowest BCUT2D eigenvalue weighted by molar-refractivity contribution is -0.139. The van der Waals surface area contributed by atoms with E-state index in [1.54, 1.807) is 19.1 Å². The predicted molar refractivity (Wildman–Crippen MR) is 57.2 cm³/mol. The van der Waals surface area contributed by atoms with Crippen LogP contribution in [-0.2, 0) is 4.79 Å². The molecule has 2 unspecified atom stereocenters. The van der Waals surface area contributed by atoms with Crippen LogP contribution >= 0.6 is 0 Å².